The van der Waals surface area contributed by atoms with E-state index < -0.39 is 5.83 Å². The van der Waals surface area contributed by atoms with Crippen molar-refractivity contribution in [3.63, 3.8) is 0 Å². The molecule has 0 amide bonds. The van der Waals surface area contributed by atoms with Gasteiger partial charge < -0.3 is 10.2 Å². The van der Waals surface area contributed by atoms with Crippen LogP contribution >= 0.6 is 0 Å². The summed E-state index contributed by atoms with van der Waals surface area (Å²) in [5, 5.41) is 2.77. The zero-order valence-corrected chi connectivity index (χ0v) is 21.1. The van der Waals surface area contributed by atoms with Gasteiger partial charge in [0.25, 0.3) is 0 Å². The van der Waals surface area contributed by atoms with Crippen LogP contribution in [0.5, 0.6) is 0 Å². The van der Waals surface area contributed by atoms with Gasteiger partial charge in [0, 0.05) is 48.7 Å². The van der Waals surface area contributed by atoms with E-state index in [1.807, 2.05) is 33.9 Å². The number of aromatic nitrogens is 2. The third-order valence-electron chi connectivity index (χ3n) is 5.76. The highest BCUT2D eigenvalue weighted by Crippen LogP contribution is 2.19. The Bertz CT molecular complexity index is 998. The number of allylic oxidation sites excluding steroid dienone is 7. The molecule has 1 fully saturated rings. The van der Waals surface area contributed by atoms with Crippen molar-refractivity contribution in [1.29, 1.82) is 0 Å². The molecule has 7 heteroatoms. The second-order valence-corrected chi connectivity index (χ2v) is 8.39. The second kappa shape index (κ2) is 14.2. The number of hydrogen-bond acceptors (Lipinski definition) is 6. The summed E-state index contributed by atoms with van der Waals surface area (Å²) in [6.45, 7) is 10.6. The van der Waals surface area contributed by atoms with E-state index in [-0.39, 0.29) is 11.6 Å². The van der Waals surface area contributed by atoms with Crippen LogP contribution in [0.4, 0.5) is 10.3 Å². The molecule has 1 saturated heterocycles. The van der Waals surface area contributed by atoms with E-state index in [2.05, 4.69) is 49.9 Å². The van der Waals surface area contributed by atoms with Gasteiger partial charge in [0.2, 0.25) is 5.95 Å². The van der Waals surface area contributed by atoms with Crippen LogP contribution in [0, 0.1) is 0 Å². The molecular formula is C27H37FN6. The van der Waals surface area contributed by atoms with Crippen LogP contribution in [-0.2, 0) is 0 Å². The molecule has 1 N–H and O–H groups in total. The third kappa shape index (κ3) is 8.98. The summed E-state index contributed by atoms with van der Waals surface area (Å²) in [7, 11) is 4.05. The topological polar surface area (TPSA) is 65.8 Å². The van der Waals surface area contributed by atoms with Crippen molar-refractivity contribution < 1.29 is 4.39 Å². The van der Waals surface area contributed by atoms with Crippen LogP contribution in [0.2, 0.25) is 0 Å². The summed E-state index contributed by atoms with van der Waals surface area (Å²) in [4.78, 5) is 19.9. The van der Waals surface area contributed by atoms with E-state index in [4.69, 9.17) is 0 Å². The highest BCUT2D eigenvalue weighted by Gasteiger charge is 2.20. The fraction of sp³-hybridized carbons (Fsp3) is 0.407. The predicted molar refractivity (Wildman–Crippen MR) is 143 cm³/mol. The molecule has 2 heterocycles. The maximum absolute atomic E-state index is 13.9. The number of anilines is 1. The molecule has 1 aromatic heterocycles. The SMILES string of the molecule is C=C(Nc1ncc(/C(C)=C/N=C(C)/C=C\C(CCC2CCCN2C)=NC)cn1)/C(F)=C\C=C/C. The first-order valence-corrected chi connectivity index (χ1v) is 11.7. The number of hydrogen-bond donors (Lipinski definition) is 1. The van der Waals surface area contributed by atoms with Crippen molar-refractivity contribution in [2.45, 2.75) is 52.5 Å². The lowest BCUT2D eigenvalue weighted by atomic mass is 10.1. The van der Waals surface area contributed by atoms with Crippen LogP contribution in [-0.4, -0.2) is 53.0 Å². The Kier molecular flexibility index (Phi) is 11.3. The molecule has 6 nitrogen and oxygen atoms in total. The Morgan fingerprint density at radius 1 is 1.29 bits per heavy atom. The molecule has 0 bridgehead atoms. The number of nitrogens with zero attached hydrogens (tertiary/aromatic N) is 5. The zero-order valence-electron chi connectivity index (χ0n) is 21.1. The minimum absolute atomic E-state index is 0.107. The lowest BCUT2D eigenvalue weighted by molar-refractivity contribution is 0.300. The van der Waals surface area contributed by atoms with Gasteiger partial charge >= 0.3 is 0 Å². The first-order chi connectivity index (χ1) is 16.3. The molecule has 34 heavy (non-hydrogen) atoms. The minimum Gasteiger partial charge on any atom is -0.322 e. The van der Waals surface area contributed by atoms with Gasteiger partial charge in [0.05, 0.1) is 5.70 Å². The Morgan fingerprint density at radius 2 is 2.03 bits per heavy atom. The van der Waals surface area contributed by atoms with Crippen LogP contribution in [0.1, 0.15) is 52.0 Å². The monoisotopic (exact) mass is 464 g/mol. The third-order valence-corrected chi connectivity index (χ3v) is 5.76. The van der Waals surface area contributed by atoms with Gasteiger partial charge in [-0.25, -0.2) is 14.4 Å². The molecule has 0 radical (unpaired) electrons. The van der Waals surface area contributed by atoms with E-state index in [1.165, 1.54) is 25.5 Å². The van der Waals surface area contributed by atoms with Crippen LogP contribution < -0.4 is 5.32 Å². The molecular weight excluding hydrogens is 427 g/mol. The number of halogens is 1. The molecule has 1 aromatic rings. The average Bonchev–Trinajstić information content (AvgIpc) is 3.25. The van der Waals surface area contributed by atoms with Gasteiger partial charge in [-0.05, 0) is 83.8 Å². The fourth-order valence-corrected chi connectivity index (χ4v) is 3.53. The molecule has 1 aliphatic rings. The molecule has 0 spiro atoms. The van der Waals surface area contributed by atoms with Crippen molar-refractivity contribution in [3.8, 4) is 0 Å². The largest absolute Gasteiger partial charge is 0.322 e. The normalized spacial score (nSPS) is 18.9. The van der Waals surface area contributed by atoms with Gasteiger partial charge in [-0.15, -0.1) is 0 Å². The van der Waals surface area contributed by atoms with E-state index in [9.17, 15) is 4.39 Å². The summed E-state index contributed by atoms with van der Waals surface area (Å²) in [5.74, 6) is -0.190. The number of likely N-dealkylation sites (tertiary alicyclic amines) is 1. The first-order valence-electron chi connectivity index (χ1n) is 11.7. The Labute approximate surface area is 203 Å². The first kappa shape index (κ1) is 27.1. The molecule has 0 aliphatic carbocycles. The number of aliphatic imine (C=N–C) groups is 2. The van der Waals surface area contributed by atoms with Crippen molar-refractivity contribution >= 4 is 22.9 Å². The Morgan fingerprint density at radius 3 is 2.65 bits per heavy atom. The fourth-order valence-electron chi connectivity index (χ4n) is 3.53. The summed E-state index contributed by atoms with van der Waals surface area (Å²) in [6.07, 6.45) is 18.5. The van der Waals surface area contributed by atoms with Gasteiger partial charge in [0.15, 0.2) is 0 Å². The van der Waals surface area contributed by atoms with Crippen molar-refractivity contribution in [1.82, 2.24) is 14.9 Å². The van der Waals surface area contributed by atoms with E-state index >= 15 is 0 Å². The summed E-state index contributed by atoms with van der Waals surface area (Å²) in [5.41, 5.74) is 3.84. The molecule has 182 valence electrons. The van der Waals surface area contributed by atoms with Crippen LogP contribution in [0.15, 0.2) is 77.1 Å². The zero-order chi connectivity index (χ0) is 24.9. The quantitative estimate of drug-likeness (QED) is 0.315. The van der Waals surface area contributed by atoms with Crippen LogP contribution in [0.25, 0.3) is 5.57 Å². The van der Waals surface area contributed by atoms with Gasteiger partial charge in [-0.1, -0.05) is 18.7 Å². The Hall–Kier alpha value is -3.19. The van der Waals surface area contributed by atoms with Crippen molar-refractivity contribution in [2.75, 3.05) is 26.0 Å². The van der Waals surface area contributed by atoms with Crippen molar-refractivity contribution in [3.05, 3.63) is 72.6 Å². The smallest absolute Gasteiger partial charge is 0.227 e. The molecule has 1 unspecified atom stereocenters. The van der Waals surface area contributed by atoms with E-state index in [0.29, 0.717) is 6.04 Å². The second-order valence-electron chi connectivity index (χ2n) is 8.39. The molecule has 0 saturated carbocycles. The summed E-state index contributed by atoms with van der Waals surface area (Å²) in [6, 6.07) is 0.668. The number of rotatable bonds is 11. The maximum Gasteiger partial charge on any atom is 0.227 e. The maximum atomic E-state index is 13.9. The minimum atomic E-state index is -0.470. The lowest BCUT2D eigenvalue weighted by Gasteiger charge is -2.18. The average molecular weight is 465 g/mol. The number of nitrogens with one attached hydrogen (secondary N) is 1. The highest BCUT2D eigenvalue weighted by molar-refractivity contribution is 6.02. The van der Waals surface area contributed by atoms with E-state index in [1.54, 1.807) is 30.7 Å². The molecule has 2 rings (SSSR count). The van der Waals surface area contributed by atoms with Gasteiger partial charge in [0.1, 0.15) is 5.83 Å². The van der Waals surface area contributed by atoms with Gasteiger partial charge in [-0.2, -0.15) is 0 Å². The summed E-state index contributed by atoms with van der Waals surface area (Å²) >= 11 is 0. The molecule has 1 atom stereocenters. The predicted octanol–water partition coefficient (Wildman–Crippen LogP) is 6.15. The lowest BCUT2D eigenvalue weighted by Crippen LogP contribution is -2.25. The molecule has 0 aromatic carbocycles. The van der Waals surface area contributed by atoms with Crippen molar-refractivity contribution in [2.24, 2.45) is 9.98 Å². The highest BCUT2D eigenvalue weighted by atomic mass is 19.1. The van der Waals surface area contributed by atoms with Gasteiger partial charge in [-0.3, -0.25) is 9.98 Å². The van der Waals surface area contributed by atoms with E-state index in [0.717, 1.165) is 35.4 Å². The summed E-state index contributed by atoms with van der Waals surface area (Å²) < 4.78 is 13.9. The Balaban J connectivity index is 1.93. The molecule has 1 aliphatic heterocycles. The standard InChI is InChI=1S/C27H37FN6/c1-7-8-11-26(28)22(4)33-27-31-18-23(19-32-27)20(2)17-30-21(3)12-13-24(29-5)14-15-25-10-9-16-34(25)6/h7-8,11-13,17-19,25H,4,9-10,14-16H2,1-3,5-6H3,(H,31,32,33)/b8-7-,13-12-,20-17+,26-11+,29-24?,30-21+. The van der Waals surface area contributed by atoms with Crippen LogP contribution in [0.3, 0.4) is 0 Å².